The van der Waals surface area contributed by atoms with E-state index in [9.17, 15) is 0 Å². The van der Waals surface area contributed by atoms with Gasteiger partial charge in [-0.3, -0.25) is 0 Å². The summed E-state index contributed by atoms with van der Waals surface area (Å²) in [6.07, 6.45) is 5.89. The molecule has 0 aromatic heterocycles. The van der Waals surface area contributed by atoms with Gasteiger partial charge in [-0.15, -0.1) is 0 Å². The standard InChI is InChI=1S/C10H17N/c1-3-5-10(11)8(2)9-6-4-7-9/h11H,3-7H2,1-2H3. The van der Waals surface area contributed by atoms with Crippen LogP contribution in [0.25, 0.3) is 0 Å². The highest BCUT2D eigenvalue weighted by Gasteiger charge is 2.13. The minimum atomic E-state index is 0.863. The number of nitrogens with one attached hydrogen (secondary N) is 1. The van der Waals surface area contributed by atoms with Crippen LogP contribution in [0.2, 0.25) is 0 Å². The highest BCUT2D eigenvalue weighted by molar-refractivity contribution is 5.97. The van der Waals surface area contributed by atoms with E-state index < -0.39 is 0 Å². The Morgan fingerprint density at radius 3 is 2.45 bits per heavy atom. The number of hydrogen-bond donors (Lipinski definition) is 1. The molecule has 0 bridgehead atoms. The zero-order chi connectivity index (χ0) is 8.27. The molecule has 1 fully saturated rings. The Kier molecular flexibility index (Phi) is 2.86. The second-order valence-corrected chi connectivity index (χ2v) is 3.31. The van der Waals surface area contributed by atoms with Crippen LogP contribution in [-0.4, -0.2) is 5.71 Å². The zero-order valence-corrected chi connectivity index (χ0v) is 7.54. The van der Waals surface area contributed by atoms with E-state index in [-0.39, 0.29) is 0 Å². The molecule has 0 spiro atoms. The molecule has 0 atom stereocenters. The lowest BCUT2D eigenvalue weighted by atomic mass is 9.86. The molecule has 0 radical (unpaired) electrons. The average Bonchev–Trinajstić information content (AvgIpc) is 1.84. The Bertz CT molecular complexity index is 183. The molecule has 1 saturated carbocycles. The van der Waals surface area contributed by atoms with Crippen LogP contribution < -0.4 is 0 Å². The molecule has 1 aliphatic carbocycles. The van der Waals surface area contributed by atoms with E-state index in [0.29, 0.717) is 0 Å². The van der Waals surface area contributed by atoms with Gasteiger partial charge in [0.1, 0.15) is 0 Å². The Morgan fingerprint density at radius 2 is 2.09 bits per heavy atom. The topological polar surface area (TPSA) is 23.9 Å². The first-order valence-electron chi connectivity index (χ1n) is 4.52. The van der Waals surface area contributed by atoms with E-state index in [0.717, 1.165) is 18.6 Å². The molecule has 0 aromatic rings. The van der Waals surface area contributed by atoms with E-state index in [1.165, 1.54) is 30.4 Å². The second kappa shape index (κ2) is 3.70. The van der Waals surface area contributed by atoms with Crippen LogP contribution >= 0.6 is 0 Å². The first kappa shape index (κ1) is 8.51. The van der Waals surface area contributed by atoms with Crippen LogP contribution in [0.4, 0.5) is 0 Å². The summed E-state index contributed by atoms with van der Waals surface area (Å²) in [6, 6.07) is 0. The quantitative estimate of drug-likeness (QED) is 0.598. The highest BCUT2D eigenvalue weighted by Crippen LogP contribution is 2.29. The SMILES string of the molecule is CCCC(=N)C(C)=C1CCC1. The minimum absolute atomic E-state index is 0.863. The minimum Gasteiger partial charge on any atom is -0.305 e. The predicted octanol–water partition coefficient (Wildman–Crippen LogP) is 3.31. The molecule has 1 heteroatoms. The van der Waals surface area contributed by atoms with Crippen molar-refractivity contribution in [3.05, 3.63) is 11.1 Å². The maximum Gasteiger partial charge on any atom is 0.0342 e. The molecule has 0 heterocycles. The van der Waals surface area contributed by atoms with Gasteiger partial charge >= 0.3 is 0 Å². The fourth-order valence-electron chi connectivity index (χ4n) is 1.38. The molecule has 0 aromatic carbocycles. The molecular weight excluding hydrogens is 134 g/mol. The maximum absolute atomic E-state index is 7.70. The third-order valence-electron chi connectivity index (χ3n) is 2.44. The summed E-state index contributed by atoms with van der Waals surface area (Å²) in [7, 11) is 0. The van der Waals surface area contributed by atoms with E-state index in [4.69, 9.17) is 5.41 Å². The van der Waals surface area contributed by atoms with Crippen molar-refractivity contribution in [1.29, 1.82) is 5.41 Å². The van der Waals surface area contributed by atoms with Crippen molar-refractivity contribution in [3.63, 3.8) is 0 Å². The van der Waals surface area contributed by atoms with E-state index >= 15 is 0 Å². The van der Waals surface area contributed by atoms with Crippen LogP contribution in [0.1, 0.15) is 46.0 Å². The Hall–Kier alpha value is -0.590. The van der Waals surface area contributed by atoms with Gasteiger partial charge in [-0.1, -0.05) is 18.9 Å². The first-order valence-corrected chi connectivity index (χ1v) is 4.52. The zero-order valence-electron chi connectivity index (χ0n) is 7.54. The normalized spacial score (nSPS) is 16.0. The van der Waals surface area contributed by atoms with Gasteiger partial charge in [-0.25, -0.2) is 0 Å². The Balaban J connectivity index is 2.51. The molecule has 11 heavy (non-hydrogen) atoms. The fraction of sp³-hybridized carbons (Fsp3) is 0.700. The molecule has 62 valence electrons. The summed E-state index contributed by atoms with van der Waals surface area (Å²) in [5.41, 5.74) is 3.67. The molecule has 1 rings (SSSR count). The Labute approximate surface area is 69.0 Å². The molecule has 0 amide bonds. The van der Waals surface area contributed by atoms with Crippen LogP contribution in [-0.2, 0) is 0 Å². The van der Waals surface area contributed by atoms with Gasteiger partial charge in [-0.2, -0.15) is 0 Å². The summed E-state index contributed by atoms with van der Waals surface area (Å²) >= 11 is 0. The largest absolute Gasteiger partial charge is 0.305 e. The van der Waals surface area contributed by atoms with Gasteiger partial charge in [0.2, 0.25) is 0 Å². The lowest BCUT2D eigenvalue weighted by Crippen LogP contribution is -2.07. The van der Waals surface area contributed by atoms with Crippen molar-refractivity contribution in [3.8, 4) is 0 Å². The van der Waals surface area contributed by atoms with Gasteiger partial charge in [0.15, 0.2) is 0 Å². The lowest BCUT2D eigenvalue weighted by Gasteiger charge is -2.20. The van der Waals surface area contributed by atoms with E-state index in [1.807, 2.05) is 0 Å². The smallest absolute Gasteiger partial charge is 0.0342 e. The van der Waals surface area contributed by atoms with E-state index in [1.54, 1.807) is 0 Å². The highest BCUT2D eigenvalue weighted by atomic mass is 14.4. The predicted molar refractivity (Wildman–Crippen MR) is 49.2 cm³/mol. The van der Waals surface area contributed by atoms with Crippen LogP contribution in [0, 0.1) is 5.41 Å². The van der Waals surface area contributed by atoms with Crippen LogP contribution in [0.5, 0.6) is 0 Å². The second-order valence-electron chi connectivity index (χ2n) is 3.31. The summed E-state index contributed by atoms with van der Waals surface area (Å²) < 4.78 is 0. The van der Waals surface area contributed by atoms with Crippen molar-refractivity contribution < 1.29 is 0 Å². The van der Waals surface area contributed by atoms with Gasteiger partial charge in [0.25, 0.3) is 0 Å². The van der Waals surface area contributed by atoms with Crippen molar-refractivity contribution in [1.82, 2.24) is 0 Å². The van der Waals surface area contributed by atoms with E-state index in [2.05, 4.69) is 13.8 Å². The Morgan fingerprint density at radius 1 is 1.45 bits per heavy atom. The van der Waals surface area contributed by atoms with Crippen LogP contribution in [0.15, 0.2) is 11.1 Å². The molecule has 0 saturated heterocycles. The summed E-state index contributed by atoms with van der Waals surface area (Å²) in [5, 5.41) is 7.70. The molecule has 1 N–H and O–H groups in total. The summed E-state index contributed by atoms with van der Waals surface area (Å²) in [4.78, 5) is 0. The van der Waals surface area contributed by atoms with Crippen molar-refractivity contribution in [2.24, 2.45) is 0 Å². The van der Waals surface area contributed by atoms with Gasteiger partial charge < -0.3 is 5.41 Å². The summed E-state index contributed by atoms with van der Waals surface area (Å²) in [6.45, 7) is 4.24. The molecular formula is C10H17N. The molecule has 1 aliphatic rings. The average molecular weight is 151 g/mol. The summed E-state index contributed by atoms with van der Waals surface area (Å²) in [5.74, 6) is 0. The fourth-order valence-corrected chi connectivity index (χ4v) is 1.38. The van der Waals surface area contributed by atoms with Crippen molar-refractivity contribution >= 4 is 5.71 Å². The lowest BCUT2D eigenvalue weighted by molar-refractivity contribution is 0.655. The van der Waals surface area contributed by atoms with Gasteiger partial charge in [-0.05, 0) is 38.2 Å². The molecule has 0 aliphatic heterocycles. The number of allylic oxidation sites excluding steroid dienone is 2. The van der Waals surface area contributed by atoms with Crippen molar-refractivity contribution in [2.45, 2.75) is 46.0 Å². The van der Waals surface area contributed by atoms with Crippen molar-refractivity contribution in [2.75, 3.05) is 0 Å². The first-order chi connectivity index (χ1) is 5.25. The third kappa shape index (κ3) is 1.92. The van der Waals surface area contributed by atoms with Crippen LogP contribution in [0.3, 0.4) is 0 Å². The monoisotopic (exact) mass is 151 g/mol. The van der Waals surface area contributed by atoms with Gasteiger partial charge in [0.05, 0.1) is 0 Å². The third-order valence-corrected chi connectivity index (χ3v) is 2.44. The number of rotatable bonds is 3. The molecule has 1 nitrogen and oxygen atoms in total. The number of hydrogen-bond acceptors (Lipinski definition) is 1. The maximum atomic E-state index is 7.70. The van der Waals surface area contributed by atoms with Gasteiger partial charge in [0, 0.05) is 5.71 Å². The molecule has 0 unspecified atom stereocenters.